The van der Waals surface area contributed by atoms with Gasteiger partial charge in [-0.2, -0.15) is 0 Å². The van der Waals surface area contributed by atoms with Crippen molar-refractivity contribution >= 4 is 11.6 Å². The Labute approximate surface area is 136 Å². The van der Waals surface area contributed by atoms with Crippen LogP contribution in [0.5, 0.6) is 0 Å². The van der Waals surface area contributed by atoms with Crippen molar-refractivity contribution in [3.05, 3.63) is 41.4 Å². The quantitative estimate of drug-likeness (QED) is 0.936. The summed E-state index contributed by atoms with van der Waals surface area (Å²) in [5, 5.41) is 0.698. The van der Waals surface area contributed by atoms with Gasteiger partial charge in [-0.3, -0.25) is 4.90 Å². The van der Waals surface area contributed by atoms with E-state index in [4.69, 9.17) is 21.8 Å². The highest BCUT2D eigenvalue weighted by Gasteiger charge is 2.28. The molecular formula is C17H22ClN3O. The maximum atomic E-state index is 6.03. The van der Waals surface area contributed by atoms with Crippen molar-refractivity contribution in [1.29, 1.82) is 0 Å². The molecule has 0 bridgehead atoms. The van der Waals surface area contributed by atoms with Crippen LogP contribution in [0.25, 0.3) is 11.3 Å². The zero-order chi connectivity index (χ0) is 15.5. The zero-order valence-corrected chi connectivity index (χ0v) is 13.6. The number of nitrogens with zero attached hydrogens (tertiary/aromatic N) is 2. The molecule has 2 atom stereocenters. The van der Waals surface area contributed by atoms with Gasteiger partial charge in [0, 0.05) is 23.2 Å². The molecule has 5 heteroatoms. The number of likely N-dealkylation sites (tertiary alicyclic amines) is 1. The minimum Gasteiger partial charge on any atom is -0.439 e. The van der Waals surface area contributed by atoms with E-state index in [1.165, 1.54) is 12.8 Å². The third kappa shape index (κ3) is 3.35. The largest absolute Gasteiger partial charge is 0.439 e. The van der Waals surface area contributed by atoms with E-state index in [0.29, 0.717) is 30.1 Å². The van der Waals surface area contributed by atoms with Crippen molar-refractivity contribution in [2.24, 2.45) is 11.7 Å². The van der Waals surface area contributed by atoms with Crippen LogP contribution < -0.4 is 5.73 Å². The second-order valence-electron chi connectivity index (χ2n) is 6.02. The molecule has 0 radical (unpaired) electrons. The van der Waals surface area contributed by atoms with Crippen molar-refractivity contribution in [3.63, 3.8) is 0 Å². The molecule has 1 aliphatic rings. The fourth-order valence-electron chi connectivity index (χ4n) is 3.24. The Morgan fingerprint density at radius 2 is 2.32 bits per heavy atom. The van der Waals surface area contributed by atoms with Gasteiger partial charge in [0.2, 0.25) is 5.89 Å². The molecule has 1 fully saturated rings. The summed E-state index contributed by atoms with van der Waals surface area (Å²) in [5.74, 6) is 2.12. The molecule has 0 saturated carbocycles. The van der Waals surface area contributed by atoms with E-state index in [9.17, 15) is 0 Å². The van der Waals surface area contributed by atoms with E-state index in [1.807, 2.05) is 24.3 Å². The highest BCUT2D eigenvalue weighted by atomic mass is 35.5. The third-order valence-electron chi connectivity index (χ3n) is 4.47. The van der Waals surface area contributed by atoms with Crippen LogP contribution >= 0.6 is 11.6 Å². The Morgan fingerprint density at radius 1 is 1.45 bits per heavy atom. The number of piperidine rings is 1. The van der Waals surface area contributed by atoms with Gasteiger partial charge in [0.15, 0.2) is 5.76 Å². The van der Waals surface area contributed by atoms with Gasteiger partial charge in [0.05, 0.1) is 12.7 Å². The van der Waals surface area contributed by atoms with Gasteiger partial charge in [-0.25, -0.2) is 4.98 Å². The van der Waals surface area contributed by atoms with E-state index >= 15 is 0 Å². The average molecular weight is 320 g/mol. The lowest BCUT2D eigenvalue weighted by Crippen LogP contribution is -2.48. The smallest absolute Gasteiger partial charge is 0.209 e. The van der Waals surface area contributed by atoms with Gasteiger partial charge < -0.3 is 10.2 Å². The van der Waals surface area contributed by atoms with Gasteiger partial charge >= 0.3 is 0 Å². The zero-order valence-electron chi connectivity index (χ0n) is 12.8. The van der Waals surface area contributed by atoms with Crippen LogP contribution in [-0.4, -0.2) is 29.0 Å². The molecule has 22 heavy (non-hydrogen) atoms. The molecule has 0 amide bonds. The molecule has 0 spiro atoms. The lowest BCUT2D eigenvalue weighted by atomic mass is 9.91. The van der Waals surface area contributed by atoms with E-state index in [0.717, 1.165) is 23.8 Å². The van der Waals surface area contributed by atoms with Crippen LogP contribution in [0, 0.1) is 5.92 Å². The Kier molecular flexibility index (Phi) is 4.81. The van der Waals surface area contributed by atoms with Crippen molar-refractivity contribution in [2.75, 3.05) is 13.1 Å². The molecule has 2 aromatic rings. The highest BCUT2D eigenvalue weighted by molar-refractivity contribution is 6.30. The summed E-state index contributed by atoms with van der Waals surface area (Å²) in [6.45, 7) is 4.73. The van der Waals surface area contributed by atoms with Crippen molar-refractivity contribution < 1.29 is 4.42 Å². The molecule has 1 saturated heterocycles. The second-order valence-corrected chi connectivity index (χ2v) is 6.46. The van der Waals surface area contributed by atoms with Gasteiger partial charge in [-0.05, 0) is 37.4 Å². The van der Waals surface area contributed by atoms with Crippen LogP contribution in [0.2, 0.25) is 5.02 Å². The molecular weight excluding hydrogens is 298 g/mol. The molecule has 1 aliphatic heterocycles. The maximum Gasteiger partial charge on any atom is 0.209 e. The summed E-state index contributed by atoms with van der Waals surface area (Å²) in [4.78, 5) is 6.81. The lowest BCUT2D eigenvalue weighted by molar-refractivity contribution is 0.0901. The molecule has 3 rings (SSSR count). The normalized spacial score (nSPS) is 22.9. The summed E-state index contributed by atoms with van der Waals surface area (Å²) < 4.78 is 5.90. The van der Waals surface area contributed by atoms with E-state index in [1.54, 1.807) is 6.20 Å². The third-order valence-corrected chi connectivity index (χ3v) is 4.71. The number of aromatic nitrogens is 1. The monoisotopic (exact) mass is 319 g/mol. The summed E-state index contributed by atoms with van der Waals surface area (Å²) >= 11 is 6.03. The number of rotatable bonds is 4. The fraction of sp³-hybridized carbons (Fsp3) is 0.471. The Bertz CT molecular complexity index is 628. The Morgan fingerprint density at radius 3 is 3.09 bits per heavy atom. The molecule has 0 aliphatic carbocycles. The first-order valence-electron chi connectivity index (χ1n) is 7.82. The first-order chi connectivity index (χ1) is 10.7. The Hall–Kier alpha value is -1.36. The topological polar surface area (TPSA) is 55.3 Å². The molecule has 2 heterocycles. The molecule has 2 unspecified atom stereocenters. The van der Waals surface area contributed by atoms with Gasteiger partial charge in [-0.1, -0.05) is 30.7 Å². The van der Waals surface area contributed by atoms with E-state index in [-0.39, 0.29) is 0 Å². The first-order valence-corrected chi connectivity index (χ1v) is 8.20. The predicted octanol–water partition coefficient (Wildman–Crippen LogP) is 3.55. The summed E-state index contributed by atoms with van der Waals surface area (Å²) in [6, 6.07) is 8.04. The standard InChI is InChI=1S/C17H22ClN3O/c1-12-4-3-7-21(15(12)9-19)11-17-20-10-16(22-17)13-5-2-6-14(18)8-13/h2,5-6,8,10,12,15H,3-4,7,9,11,19H2,1H3. The van der Waals surface area contributed by atoms with Crippen LogP contribution in [-0.2, 0) is 6.54 Å². The van der Waals surface area contributed by atoms with Crippen molar-refractivity contribution in [2.45, 2.75) is 32.4 Å². The second kappa shape index (κ2) is 6.82. The van der Waals surface area contributed by atoms with Gasteiger partial charge in [-0.15, -0.1) is 0 Å². The highest BCUT2D eigenvalue weighted by Crippen LogP contribution is 2.27. The minimum absolute atomic E-state index is 0.412. The van der Waals surface area contributed by atoms with Gasteiger partial charge in [0.1, 0.15) is 0 Å². The number of nitrogens with two attached hydrogens (primary N) is 1. The van der Waals surface area contributed by atoms with Crippen LogP contribution in [0.15, 0.2) is 34.9 Å². The van der Waals surface area contributed by atoms with Crippen LogP contribution in [0.3, 0.4) is 0 Å². The lowest BCUT2D eigenvalue weighted by Gasteiger charge is -2.38. The number of benzene rings is 1. The van der Waals surface area contributed by atoms with Crippen LogP contribution in [0.1, 0.15) is 25.7 Å². The molecule has 2 N–H and O–H groups in total. The van der Waals surface area contributed by atoms with Crippen LogP contribution in [0.4, 0.5) is 0 Å². The number of oxazole rings is 1. The number of halogens is 1. The predicted molar refractivity (Wildman–Crippen MR) is 88.6 cm³/mol. The average Bonchev–Trinajstić information content (AvgIpc) is 2.96. The Balaban J connectivity index is 1.74. The van der Waals surface area contributed by atoms with Crippen molar-refractivity contribution in [1.82, 2.24) is 9.88 Å². The van der Waals surface area contributed by atoms with E-state index < -0.39 is 0 Å². The first kappa shape index (κ1) is 15.5. The summed E-state index contributed by atoms with van der Waals surface area (Å²) in [6.07, 6.45) is 4.23. The molecule has 4 nitrogen and oxygen atoms in total. The van der Waals surface area contributed by atoms with Crippen molar-refractivity contribution in [3.8, 4) is 11.3 Å². The molecule has 1 aromatic heterocycles. The molecule has 118 valence electrons. The molecule has 1 aromatic carbocycles. The number of hydrogen-bond acceptors (Lipinski definition) is 4. The van der Waals surface area contributed by atoms with Gasteiger partial charge in [0.25, 0.3) is 0 Å². The maximum absolute atomic E-state index is 6.03. The summed E-state index contributed by atoms with van der Waals surface area (Å²) in [7, 11) is 0. The van der Waals surface area contributed by atoms with E-state index in [2.05, 4.69) is 16.8 Å². The summed E-state index contributed by atoms with van der Waals surface area (Å²) in [5.41, 5.74) is 6.90. The number of hydrogen-bond donors (Lipinski definition) is 1. The minimum atomic E-state index is 0.412. The fourth-order valence-corrected chi connectivity index (χ4v) is 3.43. The SMILES string of the molecule is CC1CCCN(Cc2ncc(-c3cccc(Cl)c3)o2)C1CN.